The van der Waals surface area contributed by atoms with Gasteiger partial charge in [0.2, 0.25) is 0 Å². The van der Waals surface area contributed by atoms with Gasteiger partial charge in [0.1, 0.15) is 0 Å². The van der Waals surface area contributed by atoms with Crippen molar-refractivity contribution in [2.24, 2.45) is 45.3 Å². The van der Waals surface area contributed by atoms with Crippen LogP contribution in [0.2, 0.25) is 0 Å². The molecule has 4 rings (SSSR count). The Balaban J connectivity index is 1.66. The van der Waals surface area contributed by atoms with Gasteiger partial charge in [-0.15, -0.1) is 0 Å². The summed E-state index contributed by atoms with van der Waals surface area (Å²) in [5.74, 6) is 1.95. The van der Waals surface area contributed by atoms with Gasteiger partial charge in [-0.1, -0.05) is 65.3 Å². The summed E-state index contributed by atoms with van der Waals surface area (Å²) in [4.78, 5) is 0. The SMILES string of the molecule is CC(CC=CC(C)(C)O)C1CCC2(C)C3C(O)C=C4C(CCC(O)C4(C)C)C3(C)CCC12C. The van der Waals surface area contributed by atoms with Crippen LogP contribution in [0, 0.1) is 45.3 Å². The van der Waals surface area contributed by atoms with Gasteiger partial charge < -0.3 is 15.3 Å². The number of hydrogen-bond acceptors (Lipinski definition) is 3. The van der Waals surface area contributed by atoms with E-state index in [9.17, 15) is 15.3 Å². The summed E-state index contributed by atoms with van der Waals surface area (Å²) in [6.07, 6.45) is 13.3. The lowest BCUT2D eigenvalue weighted by Gasteiger charge is -2.66. The van der Waals surface area contributed by atoms with Gasteiger partial charge in [-0.3, -0.25) is 0 Å². The van der Waals surface area contributed by atoms with E-state index in [0.717, 1.165) is 25.7 Å². The molecule has 3 N–H and O–H groups in total. The molecule has 0 aromatic heterocycles. The number of hydrogen-bond donors (Lipinski definition) is 3. The molecule has 3 heteroatoms. The average molecular weight is 459 g/mol. The van der Waals surface area contributed by atoms with Crippen LogP contribution in [-0.2, 0) is 0 Å². The van der Waals surface area contributed by atoms with Crippen molar-refractivity contribution in [3.8, 4) is 0 Å². The van der Waals surface area contributed by atoms with Gasteiger partial charge in [0.25, 0.3) is 0 Å². The maximum Gasteiger partial charge on any atom is 0.0771 e. The van der Waals surface area contributed by atoms with Crippen molar-refractivity contribution in [3.05, 3.63) is 23.8 Å². The van der Waals surface area contributed by atoms with Crippen LogP contribution in [0.15, 0.2) is 23.8 Å². The number of aliphatic hydroxyl groups excluding tert-OH is 2. The highest BCUT2D eigenvalue weighted by Crippen LogP contribution is 2.74. The number of aliphatic hydroxyl groups is 3. The Morgan fingerprint density at radius 1 is 1.00 bits per heavy atom. The van der Waals surface area contributed by atoms with Crippen LogP contribution in [0.5, 0.6) is 0 Å². The van der Waals surface area contributed by atoms with Crippen LogP contribution >= 0.6 is 0 Å². The number of allylic oxidation sites excluding steroid dienone is 1. The van der Waals surface area contributed by atoms with Crippen molar-refractivity contribution < 1.29 is 15.3 Å². The topological polar surface area (TPSA) is 60.7 Å². The Hall–Kier alpha value is -0.640. The third kappa shape index (κ3) is 3.71. The normalized spacial score (nSPS) is 48.1. The van der Waals surface area contributed by atoms with E-state index in [1.54, 1.807) is 0 Å². The molecule has 0 amide bonds. The molecule has 3 nitrogen and oxygen atoms in total. The summed E-state index contributed by atoms with van der Waals surface area (Å²) in [6.45, 7) is 17.9. The first-order chi connectivity index (χ1) is 15.1. The van der Waals surface area contributed by atoms with Gasteiger partial charge >= 0.3 is 0 Å². The second-order valence-corrected chi connectivity index (χ2v) is 14.2. The van der Waals surface area contributed by atoms with Gasteiger partial charge in [0.05, 0.1) is 17.8 Å². The highest BCUT2D eigenvalue weighted by molar-refractivity contribution is 5.32. The molecule has 0 aromatic carbocycles. The van der Waals surface area contributed by atoms with Gasteiger partial charge in [0, 0.05) is 11.3 Å². The van der Waals surface area contributed by atoms with Gasteiger partial charge in [-0.2, -0.15) is 0 Å². The maximum absolute atomic E-state index is 11.7. The summed E-state index contributed by atoms with van der Waals surface area (Å²) >= 11 is 0. The summed E-state index contributed by atoms with van der Waals surface area (Å²) < 4.78 is 0. The average Bonchev–Trinajstić information content (AvgIpc) is 2.95. The maximum atomic E-state index is 11.7. The molecule has 0 radical (unpaired) electrons. The predicted octanol–water partition coefficient (Wildman–Crippen LogP) is 6.28. The predicted molar refractivity (Wildman–Crippen MR) is 136 cm³/mol. The van der Waals surface area contributed by atoms with E-state index in [4.69, 9.17) is 0 Å². The van der Waals surface area contributed by atoms with Crippen molar-refractivity contribution in [2.75, 3.05) is 0 Å². The molecule has 4 aliphatic carbocycles. The third-order valence-electron chi connectivity index (χ3n) is 11.6. The minimum atomic E-state index is -0.752. The van der Waals surface area contributed by atoms with Crippen LogP contribution in [0.1, 0.15) is 100 Å². The van der Waals surface area contributed by atoms with Crippen molar-refractivity contribution in [3.63, 3.8) is 0 Å². The van der Waals surface area contributed by atoms with Crippen LogP contribution in [0.25, 0.3) is 0 Å². The van der Waals surface area contributed by atoms with Crippen molar-refractivity contribution in [1.29, 1.82) is 0 Å². The van der Waals surface area contributed by atoms with E-state index < -0.39 is 11.7 Å². The number of fused-ring (bicyclic) bond motifs is 5. The summed E-state index contributed by atoms with van der Waals surface area (Å²) in [5.41, 5.74) is 0.737. The van der Waals surface area contributed by atoms with E-state index >= 15 is 0 Å². The van der Waals surface area contributed by atoms with Crippen LogP contribution in [-0.4, -0.2) is 33.1 Å². The Morgan fingerprint density at radius 2 is 1.67 bits per heavy atom. The Labute approximate surface area is 202 Å². The zero-order chi connectivity index (χ0) is 24.6. The molecule has 0 aromatic rings. The van der Waals surface area contributed by atoms with Crippen molar-refractivity contribution in [1.82, 2.24) is 0 Å². The molecule has 0 saturated heterocycles. The molecule has 0 aliphatic heterocycles. The zero-order valence-corrected chi connectivity index (χ0v) is 22.5. The Kier molecular flexibility index (Phi) is 6.12. The Morgan fingerprint density at radius 3 is 2.30 bits per heavy atom. The minimum Gasteiger partial charge on any atom is -0.392 e. The van der Waals surface area contributed by atoms with Gasteiger partial charge in [-0.25, -0.2) is 0 Å². The molecule has 188 valence electrons. The van der Waals surface area contributed by atoms with E-state index in [1.807, 2.05) is 19.9 Å². The highest BCUT2D eigenvalue weighted by Gasteiger charge is 2.69. The molecule has 3 fully saturated rings. The lowest BCUT2D eigenvalue weighted by atomic mass is 9.38. The van der Waals surface area contributed by atoms with E-state index in [0.29, 0.717) is 17.8 Å². The fourth-order valence-electron chi connectivity index (χ4n) is 9.46. The summed E-state index contributed by atoms with van der Waals surface area (Å²) in [7, 11) is 0. The largest absolute Gasteiger partial charge is 0.392 e. The Bertz CT molecular complexity index is 819. The first-order valence-electron chi connectivity index (χ1n) is 13.6. The lowest BCUT2D eigenvalue weighted by Crippen LogP contribution is -2.62. The standard InChI is InChI=1S/C30H50O3/c1-19(10-9-14-26(2,3)33)20-13-15-30(8)25-23(31)18-22-21(11-12-24(32)27(22,4)5)28(25,6)16-17-29(20,30)7/h9,14,18-21,23-25,31-33H,10-13,15-17H2,1-8H3. The molecule has 3 saturated carbocycles. The van der Waals surface area contributed by atoms with E-state index in [-0.39, 0.29) is 33.7 Å². The highest BCUT2D eigenvalue weighted by atomic mass is 16.3. The fraction of sp³-hybridized carbons (Fsp3) is 0.867. The van der Waals surface area contributed by atoms with Gasteiger partial charge in [-0.05, 0) is 92.8 Å². The van der Waals surface area contributed by atoms with Crippen molar-refractivity contribution in [2.45, 2.75) is 118 Å². The third-order valence-corrected chi connectivity index (χ3v) is 11.6. The second-order valence-electron chi connectivity index (χ2n) is 14.2. The second kappa shape index (κ2) is 7.93. The molecule has 9 atom stereocenters. The molecular formula is C30H50O3. The molecule has 0 heterocycles. The first-order valence-corrected chi connectivity index (χ1v) is 13.6. The molecule has 33 heavy (non-hydrogen) atoms. The van der Waals surface area contributed by atoms with Crippen molar-refractivity contribution >= 4 is 0 Å². The van der Waals surface area contributed by atoms with E-state index in [1.165, 1.54) is 24.8 Å². The quantitative estimate of drug-likeness (QED) is 0.435. The van der Waals surface area contributed by atoms with Crippen LogP contribution in [0.3, 0.4) is 0 Å². The molecule has 0 bridgehead atoms. The van der Waals surface area contributed by atoms with Crippen LogP contribution < -0.4 is 0 Å². The van der Waals surface area contributed by atoms with Crippen LogP contribution in [0.4, 0.5) is 0 Å². The minimum absolute atomic E-state index is 0.0914. The lowest BCUT2D eigenvalue weighted by molar-refractivity contribution is -0.177. The molecular weight excluding hydrogens is 408 g/mol. The monoisotopic (exact) mass is 458 g/mol. The fourth-order valence-corrected chi connectivity index (χ4v) is 9.46. The molecule has 4 aliphatic rings. The van der Waals surface area contributed by atoms with Gasteiger partial charge in [0.15, 0.2) is 0 Å². The zero-order valence-electron chi connectivity index (χ0n) is 22.5. The molecule has 0 spiro atoms. The smallest absolute Gasteiger partial charge is 0.0771 e. The molecule has 9 unspecified atom stereocenters. The summed E-state index contributed by atoms with van der Waals surface area (Å²) in [5, 5.41) is 32.5. The first kappa shape index (κ1) is 25.5. The summed E-state index contributed by atoms with van der Waals surface area (Å²) in [6, 6.07) is 0. The van der Waals surface area contributed by atoms with E-state index in [2.05, 4.69) is 53.7 Å². The number of rotatable bonds is 4.